The summed E-state index contributed by atoms with van der Waals surface area (Å²) >= 11 is 0. The third kappa shape index (κ3) is 54.0. The molecule has 0 fully saturated rings. The second-order valence-corrected chi connectivity index (χ2v) is 0. The smallest absolute Gasteiger partial charge is 0.870 e. The van der Waals surface area contributed by atoms with Crippen LogP contribution >= 0.6 is 0 Å². The third-order valence-corrected chi connectivity index (χ3v) is 0. The molecule has 0 aromatic heterocycles. The van der Waals surface area contributed by atoms with Gasteiger partial charge in [-0.2, -0.15) is 0 Å². The Morgan fingerprint density at radius 1 is 0.500 bits per heavy atom. The fourth-order valence-corrected chi connectivity index (χ4v) is 0. The second kappa shape index (κ2) is 96.5. The Hall–Kier alpha value is 1.39. The van der Waals surface area contributed by atoms with E-state index in [1.807, 2.05) is 0 Å². The second-order valence-electron chi connectivity index (χ2n) is 0. The van der Waals surface area contributed by atoms with Crippen LogP contribution in [0.15, 0.2) is 0 Å². The molecule has 0 unspecified atom stereocenters. The van der Waals surface area contributed by atoms with E-state index in [1.54, 1.807) is 0 Å². The fourth-order valence-electron chi connectivity index (χ4n) is 0. The minimum absolute atomic E-state index is 0. The Kier molecular flexibility index (Phi) is 2520. The molecule has 4 N–H and O–H groups in total. The molecule has 0 aliphatic rings. The maximum Gasteiger partial charge on any atom is 2.00 e. The molecule has 0 spiro atoms. The van der Waals surface area contributed by atoms with Crippen LogP contribution in [0.2, 0.25) is 0 Å². The SMILES string of the molecule is [OH-].[OH-].[OH-].[OH-].[Pb+2].[Zn+2]. The number of rotatable bonds is 0. The Morgan fingerprint density at radius 2 is 0.500 bits per heavy atom. The zero-order valence-corrected chi connectivity index (χ0v) is 9.85. The minimum atomic E-state index is 0. The first-order chi connectivity index (χ1) is 0. The molecule has 0 aromatic rings. The van der Waals surface area contributed by atoms with Crippen LogP contribution in [0, 0.1) is 0 Å². The number of hydrogen-bond donors (Lipinski definition) is 0. The maximum absolute atomic E-state index is 0. The number of hydrogen-bond acceptors (Lipinski definition) is 4. The summed E-state index contributed by atoms with van der Waals surface area (Å²) in [6.45, 7) is 0. The van der Waals surface area contributed by atoms with Gasteiger partial charge >= 0.3 is 46.8 Å². The van der Waals surface area contributed by atoms with E-state index in [0.29, 0.717) is 0 Å². The predicted molar refractivity (Wildman–Crippen MR) is 13.5 cm³/mol. The zero-order valence-electron chi connectivity index (χ0n) is 3.00. The molecule has 0 saturated heterocycles. The van der Waals surface area contributed by atoms with Crippen LogP contribution in [0.5, 0.6) is 0 Å². The van der Waals surface area contributed by atoms with Crippen molar-refractivity contribution in [1.82, 2.24) is 0 Å². The van der Waals surface area contributed by atoms with Crippen LogP contribution in [0.4, 0.5) is 0 Å². The van der Waals surface area contributed by atoms with Crippen molar-refractivity contribution in [2.45, 2.75) is 0 Å². The van der Waals surface area contributed by atoms with E-state index >= 15 is 0 Å². The fraction of sp³-hybridized carbons (Fsp3) is 0. The van der Waals surface area contributed by atoms with E-state index < -0.39 is 0 Å². The Balaban J connectivity index is 0. The van der Waals surface area contributed by atoms with Crippen molar-refractivity contribution in [2.24, 2.45) is 0 Å². The molecule has 0 saturated carbocycles. The first kappa shape index (κ1) is 157. The monoisotopic (exact) mass is 340 g/mol. The van der Waals surface area contributed by atoms with Crippen molar-refractivity contribution in [1.29, 1.82) is 0 Å². The van der Waals surface area contributed by atoms with Crippen molar-refractivity contribution < 1.29 is 41.4 Å². The zero-order chi connectivity index (χ0) is 0. The summed E-state index contributed by atoms with van der Waals surface area (Å²) in [4.78, 5) is 0. The summed E-state index contributed by atoms with van der Waals surface area (Å²) in [5.74, 6) is 0. The van der Waals surface area contributed by atoms with Gasteiger partial charge in [0, 0.05) is 0 Å². The molecule has 0 bridgehead atoms. The average Bonchev–Trinajstić information content (AvgIpc) is 0. The van der Waals surface area contributed by atoms with Gasteiger partial charge in [-0.15, -0.1) is 0 Å². The Morgan fingerprint density at radius 3 is 0.500 bits per heavy atom. The Bertz CT molecular complexity index is 7.51. The summed E-state index contributed by atoms with van der Waals surface area (Å²) < 4.78 is 0. The average molecular weight is 341 g/mol. The summed E-state index contributed by atoms with van der Waals surface area (Å²) in [6, 6.07) is 0. The van der Waals surface area contributed by atoms with Gasteiger partial charge in [-0.3, -0.25) is 0 Å². The van der Waals surface area contributed by atoms with Gasteiger partial charge in [0.2, 0.25) is 0 Å². The summed E-state index contributed by atoms with van der Waals surface area (Å²) in [5.41, 5.74) is 0. The van der Waals surface area contributed by atoms with Crippen LogP contribution in [0.25, 0.3) is 0 Å². The van der Waals surface area contributed by atoms with Crippen molar-refractivity contribution in [3.8, 4) is 0 Å². The van der Waals surface area contributed by atoms with Gasteiger partial charge in [0.05, 0.1) is 0 Å². The van der Waals surface area contributed by atoms with E-state index in [9.17, 15) is 0 Å². The normalized spacial score (nSPS) is 0. The molecule has 34 valence electrons. The standard InChI is InChI=1S/4H2O.Pb.Zn/h4*1H2;;/q;;;;2*+2/p-4. The summed E-state index contributed by atoms with van der Waals surface area (Å²) in [6.07, 6.45) is 0. The minimum Gasteiger partial charge on any atom is -0.870 e. The molecular formula is H4O4PbZn. The molecule has 0 rings (SSSR count). The van der Waals surface area contributed by atoms with Crippen LogP contribution in [-0.4, -0.2) is 49.2 Å². The van der Waals surface area contributed by atoms with E-state index in [1.165, 1.54) is 0 Å². The van der Waals surface area contributed by atoms with Crippen molar-refractivity contribution in [3.63, 3.8) is 0 Å². The molecule has 0 amide bonds. The molecule has 0 aliphatic heterocycles. The van der Waals surface area contributed by atoms with Crippen molar-refractivity contribution in [3.05, 3.63) is 0 Å². The van der Waals surface area contributed by atoms with Gasteiger partial charge in [0.15, 0.2) is 0 Å². The first-order valence-corrected chi connectivity index (χ1v) is 0. The largest absolute Gasteiger partial charge is 2.00 e. The van der Waals surface area contributed by atoms with Gasteiger partial charge in [0.25, 0.3) is 0 Å². The van der Waals surface area contributed by atoms with Gasteiger partial charge in [-0.05, 0) is 0 Å². The maximum atomic E-state index is 0. The molecule has 0 aliphatic carbocycles. The third-order valence-electron chi connectivity index (χ3n) is 0. The van der Waals surface area contributed by atoms with Gasteiger partial charge in [0.1, 0.15) is 0 Å². The Labute approximate surface area is 68.5 Å². The van der Waals surface area contributed by atoms with E-state index in [4.69, 9.17) is 0 Å². The van der Waals surface area contributed by atoms with Crippen LogP contribution < -0.4 is 0 Å². The van der Waals surface area contributed by atoms with Gasteiger partial charge in [-0.25, -0.2) is 0 Å². The quantitative estimate of drug-likeness (QED) is 0.520. The molecule has 0 heterocycles. The first-order valence-electron chi connectivity index (χ1n) is 0. The summed E-state index contributed by atoms with van der Waals surface area (Å²) in [7, 11) is 0. The van der Waals surface area contributed by atoms with Crippen molar-refractivity contribution in [2.75, 3.05) is 0 Å². The molecule has 6 heavy (non-hydrogen) atoms. The van der Waals surface area contributed by atoms with Crippen molar-refractivity contribution >= 4 is 27.3 Å². The van der Waals surface area contributed by atoms with Crippen LogP contribution in [0.1, 0.15) is 0 Å². The van der Waals surface area contributed by atoms with E-state index in [0.717, 1.165) is 0 Å². The molecule has 4 nitrogen and oxygen atoms in total. The van der Waals surface area contributed by atoms with E-state index in [2.05, 4.69) is 0 Å². The van der Waals surface area contributed by atoms with Gasteiger partial charge < -0.3 is 21.9 Å². The topological polar surface area (TPSA) is 120 Å². The molecule has 0 atom stereocenters. The molecular weight excluding hydrogens is 337 g/mol. The molecule has 0 aromatic carbocycles. The van der Waals surface area contributed by atoms with Crippen LogP contribution in [-0.2, 0) is 19.5 Å². The molecule has 2 radical (unpaired) electrons. The predicted octanol–water partition coefficient (Wildman–Crippen LogP) is -1.09. The van der Waals surface area contributed by atoms with Crippen LogP contribution in [0.3, 0.4) is 0 Å². The summed E-state index contributed by atoms with van der Waals surface area (Å²) in [5, 5.41) is 0. The molecule has 6 heteroatoms. The van der Waals surface area contributed by atoms with Gasteiger partial charge in [-0.1, -0.05) is 0 Å². The van der Waals surface area contributed by atoms with E-state index in [-0.39, 0.29) is 68.7 Å².